The monoisotopic (exact) mass is 247 g/mol. The number of rotatable bonds is 6. The van der Waals surface area contributed by atoms with Gasteiger partial charge in [-0.25, -0.2) is 0 Å². The van der Waals surface area contributed by atoms with Gasteiger partial charge in [0.15, 0.2) is 0 Å². The molecule has 0 saturated heterocycles. The Balaban J connectivity index is 2.20. The fourth-order valence-corrected chi connectivity index (χ4v) is 2.87. The molecule has 1 aliphatic carbocycles. The molecule has 4 N–H and O–H groups in total. The van der Waals surface area contributed by atoms with E-state index in [1.54, 1.807) is 0 Å². The number of aliphatic hydroxyl groups is 2. The van der Waals surface area contributed by atoms with Crippen LogP contribution in [0.3, 0.4) is 0 Å². The standard InChI is InChI=1S/C12H25NO2S/c1-16-12(13)11(15)10(14)8-7-9-5-3-2-4-6-9/h9-12,14-15H,2-8,13H2,1H3. The van der Waals surface area contributed by atoms with Crippen LogP contribution in [0.4, 0.5) is 0 Å². The molecule has 3 atom stereocenters. The highest BCUT2D eigenvalue weighted by atomic mass is 32.2. The quantitative estimate of drug-likeness (QED) is 0.625. The zero-order valence-electron chi connectivity index (χ0n) is 10.1. The van der Waals surface area contributed by atoms with Crippen LogP contribution in [-0.2, 0) is 0 Å². The van der Waals surface area contributed by atoms with Gasteiger partial charge in [0, 0.05) is 0 Å². The molecule has 1 saturated carbocycles. The third-order valence-electron chi connectivity index (χ3n) is 3.60. The van der Waals surface area contributed by atoms with Crippen molar-refractivity contribution >= 4 is 11.8 Å². The SMILES string of the molecule is CSC(N)C(O)C(O)CCC1CCCCC1. The summed E-state index contributed by atoms with van der Waals surface area (Å²) < 4.78 is 0. The summed E-state index contributed by atoms with van der Waals surface area (Å²) in [6.45, 7) is 0. The largest absolute Gasteiger partial charge is 0.390 e. The summed E-state index contributed by atoms with van der Waals surface area (Å²) in [4.78, 5) is 0. The van der Waals surface area contributed by atoms with E-state index in [2.05, 4.69) is 0 Å². The van der Waals surface area contributed by atoms with Gasteiger partial charge in [0.05, 0.1) is 11.5 Å². The van der Waals surface area contributed by atoms with Gasteiger partial charge < -0.3 is 15.9 Å². The maximum absolute atomic E-state index is 9.81. The fraction of sp³-hybridized carbons (Fsp3) is 1.00. The summed E-state index contributed by atoms with van der Waals surface area (Å²) >= 11 is 1.39. The van der Waals surface area contributed by atoms with Crippen molar-refractivity contribution in [2.45, 2.75) is 62.5 Å². The van der Waals surface area contributed by atoms with E-state index in [-0.39, 0.29) is 5.37 Å². The van der Waals surface area contributed by atoms with Gasteiger partial charge in [0.1, 0.15) is 6.10 Å². The van der Waals surface area contributed by atoms with Crippen LogP contribution in [0.1, 0.15) is 44.9 Å². The first kappa shape index (κ1) is 14.3. The van der Waals surface area contributed by atoms with Crippen molar-refractivity contribution in [2.24, 2.45) is 11.7 Å². The van der Waals surface area contributed by atoms with Gasteiger partial charge in [-0.05, 0) is 25.0 Å². The van der Waals surface area contributed by atoms with Gasteiger partial charge in [-0.1, -0.05) is 32.1 Å². The summed E-state index contributed by atoms with van der Waals surface area (Å²) in [7, 11) is 0. The first-order valence-corrected chi connectivity index (χ1v) is 7.58. The Labute approximate surface area is 103 Å². The predicted octanol–water partition coefficient (Wildman–Crippen LogP) is 1.72. The maximum atomic E-state index is 9.81. The van der Waals surface area contributed by atoms with E-state index < -0.39 is 12.2 Å². The lowest BCUT2D eigenvalue weighted by molar-refractivity contribution is 0.0102. The molecular weight excluding hydrogens is 222 g/mol. The van der Waals surface area contributed by atoms with Gasteiger partial charge in [-0.2, -0.15) is 0 Å². The molecule has 1 fully saturated rings. The molecule has 1 rings (SSSR count). The van der Waals surface area contributed by atoms with Gasteiger partial charge >= 0.3 is 0 Å². The van der Waals surface area contributed by atoms with Gasteiger partial charge in [-0.15, -0.1) is 11.8 Å². The Morgan fingerprint density at radius 2 is 1.88 bits per heavy atom. The van der Waals surface area contributed by atoms with Crippen molar-refractivity contribution in [2.75, 3.05) is 6.26 Å². The molecule has 0 heterocycles. The lowest BCUT2D eigenvalue weighted by Crippen LogP contribution is -2.40. The Kier molecular flexibility index (Phi) is 6.73. The first-order chi connectivity index (χ1) is 7.65. The zero-order valence-corrected chi connectivity index (χ0v) is 11.0. The van der Waals surface area contributed by atoms with Crippen LogP contribution >= 0.6 is 11.8 Å². The molecule has 96 valence electrons. The van der Waals surface area contributed by atoms with Crippen LogP contribution in [0.2, 0.25) is 0 Å². The number of nitrogens with two attached hydrogens (primary N) is 1. The molecule has 16 heavy (non-hydrogen) atoms. The topological polar surface area (TPSA) is 66.5 Å². The summed E-state index contributed by atoms with van der Waals surface area (Å²) in [6, 6.07) is 0. The molecule has 0 amide bonds. The second-order valence-corrected chi connectivity index (χ2v) is 5.86. The van der Waals surface area contributed by atoms with Crippen molar-refractivity contribution in [1.29, 1.82) is 0 Å². The summed E-state index contributed by atoms with van der Waals surface area (Å²) in [5.41, 5.74) is 5.68. The number of hydrogen-bond acceptors (Lipinski definition) is 4. The van der Waals surface area contributed by atoms with E-state index in [9.17, 15) is 10.2 Å². The third-order valence-corrected chi connectivity index (χ3v) is 4.42. The molecule has 0 bridgehead atoms. The van der Waals surface area contributed by atoms with Crippen molar-refractivity contribution in [1.82, 2.24) is 0 Å². The maximum Gasteiger partial charge on any atom is 0.104 e. The Bertz CT molecular complexity index is 186. The second-order valence-electron chi connectivity index (χ2n) is 4.84. The van der Waals surface area contributed by atoms with Crippen molar-refractivity contribution in [3.05, 3.63) is 0 Å². The smallest absolute Gasteiger partial charge is 0.104 e. The van der Waals surface area contributed by atoms with Crippen LogP contribution in [0, 0.1) is 5.92 Å². The van der Waals surface area contributed by atoms with Crippen LogP contribution in [0.15, 0.2) is 0 Å². The molecule has 0 aliphatic heterocycles. The molecular formula is C12H25NO2S. The molecule has 3 unspecified atom stereocenters. The molecule has 0 radical (unpaired) electrons. The van der Waals surface area contributed by atoms with E-state index in [4.69, 9.17) is 5.73 Å². The molecule has 3 nitrogen and oxygen atoms in total. The highest BCUT2D eigenvalue weighted by Crippen LogP contribution is 2.28. The summed E-state index contributed by atoms with van der Waals surface area (Å²) in [6.07, 6.45) is 8.69. The molecule has 0 aromatic heterocycles. The summed E-state index contributed by atoms with van der Waals surface area (Å²) in [5, 5.41) is 19.2. The molecule has 0 spiro atoms. The lowest BCUT2D eigenvalue weighted by Gasteiger charge is -2.26. The minimum Gasteiger partial charge on any atom is -0.390 e. The average molecular weight is 247 g/mol. The highest BCUT2D eigenvalue weighted by molar-refractivity contribution is 7.99. The third kappa shape index (κ3) is 4.62. The molecule has 4 heteroatoms. The Hall–Kier alpha value is 0.230. The minimum absolute atomic E-state index is 0.374. The average Bonchev–Trinajstić information content (AvgIpc) is 2.35. The molecule has 0 aromatic rings. The lowest BCUT2D eigenvalue weighted by atomic mass is 9.85. The minimum atomic E-state index is -0.793. The molecule has 0 aromatic carbocycles. The first-order valence-electron chi connectivity index (χ1n) is 6.29. The van der Waals surface area contributed by atoms with Crippen molar-refractivity contribution in [3.8, 4) is 0 Å². The Morgan fingerprint density at radius 3 is 2.44 bits per heavy atom. The highest BCUT2D eigenvalue weighted by Gasteiger charge is 2.24. The van der Waals surface area contributed by atoms with Crippen LogP contribution in [-0.4, -0.2) is 34.1 Å². The van der Waals surface area contributed by atoms with Crippen LogP contribution < -0.4 is 5.73 Å². The van der Waals surface area contributed by atoms with Crippen LogP contribution in [0.5, 0.6) is 0 Å². The van der Waals surface area contributed by atoms with Gasteiger partial charge in [-0.3, -0.25) is 0 Å². The van der Waals surface area contributed by atoms with E-state index in [0.717, 1.165) is 12.3 Å². The zero-order chi connectivity index (χ0) is 12.0. The Morgan fingerprint density at radius 1 is 1.25 bits per heavy atom. The fourth-order valence-electron chi connectivity index (χ4n) is 2.41. The van der Waals surface area contributed by atoms with Crippen molar-refractivity contribution < 1.29 is 10.2 Å². The van der Waals surface area contributed by atoms with E-state index in [1.165, 1.54) is 43.9 Å². The number of aliphatic hydroxyl groups excluding tert-OH is 2. The predicted molar refractivity (Wildman–Crippen MR) is 69.3 cm³/mol. The molecule has 1 aliphatic rings. The second kappa shape index (κ2) is 7.54. The number of hydrogen-bond donors (Lipinski definition) is 3. The van der Waals surface area contributed by atoms with E-state index in [1.807, 2.05) is 6.26 Å². The van der Waals surface area contributed by atoms with Crippen LogP contribution in [0.25, 0.3) is 0 Å². The normalized spacial score (nSPS) is 24.0. The van der Waals surface area contributed by atoms with Gasteiger partial charge in [0.2, 0.25) is 0 Å². The number of thioether (sulfide) groups is 1. The van der Waals surface area contributed by atoms with E-state index in [0.29, 0.717) is 6.42 Å². The van der Waals surface area contributed by atoms with Crippen molar-refractivity contribution in [3.63, 3.8) is 0 Å². The summed E-state index contributed by atoms with van der Waals surface area (Å²) in [5.74, 6) is 0.751. The van der Waals surface area contributed by atoms with Gasteiger partial charge in [0.25, 0.3) is 0 Å². The van der Waals surface area contributed by atoms with E-state index >= 15 is 0 Å².